The van der Waals surface area contributed by atoms with E-state index < -0.39 is 0 Å². The van der Waals surface area contributed by atoms with E-state index in [1.807, 2.05) is 0 Å². The summed E-state index contributed by atoms with van der Waals surface area (Å²) in [5.74, 6) is 3.61. The minimum absolute atomic E-state index is 0.0866. The fourth-order valence-corrected chi connectivity index (χ4v) is 7.64. The van der Waals surface area contributed by atoms with Crippen molar-refractivity contribution in [2.75, 3.05) is 0 Å². The van der Waals surface area contributed by atoms with Crippen LogP contribution in [0.15, 0.2) is 0 Å². The Morgan fingerprint density at radius 1 is 0.957 bits per heavy atom. The van der Waals surface area contributed by atoms with E-state index in [4.69, 9.17) is 4.74 Å². The first-order valence-electron chi connectivity index (χ1n) is 10.1. The van der Waals surface area contributed by atoms with E-state index in [0.29, 0.717) is 10.8 Å². The highest BCUT2D eigenvalue weighted by molar-refractivity contribution is 5.66. The van der Waals surface area contributed by atoms with Crippen LogP contribution in [0.3, 0.4) is 0 Å². The number of carbonyl (C=O) groups excluding carboxylic acids is 1. The topological polar surface area (TPSA) is 26.3 Å². The molecule has 5 unspecified atom stereocenters. The lowest BCUT2D eigenvalue weighted by Crippen LogP contribution is -2.53. The Bertz CT molecular complexity index is 486. The van der Waals surface area contributed by atoms with Crippen LogP contribution < -0.4 is 0 Å². The number of rotatable bonds is 1. The van der Waals surface area contributed by atoms with Crippen LogP contribution >= 0.6 is 0 Å². The molecule has 0 heterocycles. The van der Waals surface area contributed by atoms with E-state index in [1.54, 1.807) is 6.92 Å². The third-order valence-electron chi connectivity index (χ3n) is 8.68. The van der Waals surface area contributed by atoms with Gasteiger partial charge in [-0.05, 0) is 92.3 Å². The van der Waals surface area contributed by atoms with Gasteiger partial charge < -0.3 is 4.74 Å². The van der Waals surface area contributed by atoms with E-state index >= 15 is 0 Å². The molecule has 0 N–H and O–H groups in total. The molecular weight excluding hydrogens is 284 g/mol. The van der Waals surface area contributed by atoms with Gasteiger partial charge in [-0.15, -0.1) is 0 Å². The van der Waals surface area contributed by atoms with Gasteiger partial charge in [-0.2, -0.15) is 0 Å². The highest BCUT2D eigenvalue weighted by atomic mass is 16.5. The summed E-state index contributed by atoms with van der Waals surface area (Å²) in [6.45, 7) is 6.71. The van der Waals surface area contributed by atoms with Gasteiger partial charge in [0.15, 0.2) is 0 Å². The average Bonchev–Trinajstić information content (AvgIpc) is 2.87. The van der Waals surface area contributed by atoms with Gasteiger partial charge in [0.25, 0.3) is 0 Å². The van der Waals surface area contributed by atoms with Crippen molar-refractivity contribution in [2.45, 2.75) is 91.1 Å². The number of carbonyl (C=O) groups is 1. The molecule has 0 radical (unpaired) electrons. The van der Waals surface area contributed by atoms with Crippen LogP contribution in [-0.2, 0) is 9.53 Å². The Hall–Kier alpha value is -0.530. The maximum Gasteiger partial charge on any atom is 0.302 e. The molecule has 130 valence electrons. The second-order valence-electron chi connectivity index (χ2n) is 9.75. The van der Waals surface area contributed by atoms with Crippen LogP contribution in [-0.4, -0.2) is 12.1 Å². The maximum absolute atomic E-state index is 11.4. The molecule has 0 amide bonds. The van der Waals surface area contributed by atoms with Gasteiger partial charge in [0, 0.05) is 6.92 Å². The van der Waals surface area contributed by atoms with Gasteiger partial charge in [-0.3, -0.25) is 4.79 Å². The molecular formula is C21H34O2. The molecule has 0 saturated heterocycles. The molecule has 4 aliphatic rings. The van der Waals surface area contributed by atoms with Gasteiger partial charge in [0.1, 0.15) is 6.10 Å². The molecule has 0 aromatic rings. The normalized spacial score (nSPS) is 52.2. The highest BCUT2D eigenvalue weighted by Gasteiger charge is 2.58. The van der Waals surface area contributed by atoms with E-state index in [1.165, 1.54) is 51.4 Å². The number of ether oxygens (including phenoxy) is 1. The minimum Gasteiger partial charge on any atom is -0.463 e. The van der Waals surface area contributed by atoms with Gasteiger partial charge in [-0.25, -0.2) is 0 Å². The van der Waals surface area contributed by atoms with Crippen molar-refractivity contribution in [1.29, 1.82) is 0 Å². The lowest BCUT2D eigenvalue weighted by molar-refractivity contribution is -0.161. The van der Waals surface area contributed by atoms with Crippen molar-refractivity contribution in [2.24, 2.45) is 34.5 Å². The van der Waals surface area contributed by atoms with Gasteiger partial charge >= 0.3 is 5.97 Å². The molecule has 0 aliphatic heterocycles. The number of hydrogen-bond donors (Lipinski definition) is 0. The molecule has 0 spiro atoms. The highest BCUT2D eigenvalue weighted by Crippen LogP contribution is 2.66. The van der Waals surface area contributed by atoms with Crippen LogP contribution in [0, 0.1) is 34.5 Å². The molecule has 0 aromatic carbocycles. The van der Waals surface area contributed by atoms with Gasteiger partial charge in [0.2, 0.25) is 0 Å². The SMILES string of the molecule is CC(=O)O[C@H]1CC[C@@H]2CCC3C4CCCC4(C)CCC3C2(C)C1. The lowest BCUT2D eigenvalue weighted by atomic mass is 9.45. The van der Waals surface area contributed by atoms with E-state index in [9.17, 15) is 4.79 Å². The molecule has 4 rings (SSSR count). The van der Waals surface area contributed by atoms with E-state index in [-0.39, 0.29) is 12.1 Å². The minimum atomic E-state index is -0.0866. The standard InChI is InChI=1S/C21H34O2/c1-14(22)23-16-8-6-15-7-9-17-18-5-4-11-20(18,2)12-10-19(17)21(15,3)13-16/h15-19H,4-13H2,1-3H3/t15-,16+,17?,18?,19?,20?,21?/m1/s1. The summed E-state index contributed by atoms with van der Waals surface area (Å²) in [6.07, 6.45) is 13.9. The fourth-order valence-electron chi connectivity index (χ4n) is 7.64. The van der Waals surface area contributed by atoms with Gasteiger partial charge in [0.05, 0.1) is 0 Å². The van der Waals surface area contributed by atoms with Crippen LogP contribution in [0.25, 0.3) is 0 Å². The smallest absolute Gasteiger partial charge is 0.302 e. The lowest BCUT2D eigenvalue weighted by Gasteiger charge is -2.60. The molecule has 2 nitrogen and oxygen atoms in total. The van der Waals surface area contributed by atoms with Crippen molar-refractivity contribution in [3.8, 4) is 0 Å². The summed E-state index contributed by atoms with van der Waals surface area (Å²) in [4.78, 5) is 11.4. The Labute approximate surface area is 141 Å². The first-order valence-corrected chi connectivity index (χ1v) is 10.1. The predicted molar refractivity (Wildman–Crippen MR) is 91.9 cm³/mol. The summed E-state index contributed by atoms with van der Waals surface area (Å²) in [7, 11) is 0. The predicted octanol–water partition coefficient (Wildman–Crippen LogP) is 5.35. The summed E-state index contributed by atoms with van der Waals surface area (Å²) in [5, 5.41) is 0. The third-order valence-corrected chi connectivity index (χ3v) is 8.68. The summed E-state index contributed by atoms with van der Waals surface area (Å²) < 4.78 is 5.65. The van der Waals surface area contributed by atoms with Crippen LogP contribution in [0.1, 0.15) is 85.0 Å². The largest absolute Gasteiger partial charge is 0.463 e. The fraction of sp³-hybridized carbons (Fsp3) is 0.952. The first-order chi connectivity index (χ1) is 10.9. The van der Waals surface area contributed by atoms with Crippen molar-refractivity contribution in [3.05, 3.63) is 0 Å². The molecule has 0 aromatic heterocycles. The molecule has 7 atom stereocenters. The Balaban J connectivity index is 1.57. The summed E-state index contributed by atoms with van der Waals surface area (Å²) in [6, 6.07) is 0. The molecule has 2 heteroatoms. The van der Waals surface area contributed by atoms with Crippen molar-refractivity contribution < 1.29 is 9.53 Å². The van der Waals surface area contributed by atoms with Crippen LogP contribution in [0.5, 0.6) is 0 Å². The summed E-state index contributed by atoms with van der Waals surface area (Å²) in [5.41, 5.74) is 1.07. The molecule has 4 fully saturated rings. The molecule has 4 aliphatic carbocycles. The van der Waals surface area contributed by atoms with Crippen LogP contribution in [0.4, 0.5) is 0 Å². The zero-order valence-electron chi connectivity index (χ0n) is 15.3. The van der Waals surface area contributed by atoms with Gasteiger partial charge in [-0.1, -0.05) is 20.3 Å². The molecule has 0 bridgehead atoms. The zero-order valence-corrected chi connectivity index (χ0v) is 15.3. The summed E-state index contributed by atoms with van der Waals surface area (Å²) >= 11 is 0. The second-order valence-corrected chi connectivity index (χ2v) is 9.75. The number of esters is 1. The zero-order chi connectivity index (χ0) is 16.2. The Kier molecular flexibility index (Phi) is 3.81. The molecule has 23 heavy (non-hydrogen) atoms. The monoisotopic (exact) mass is 318 g/mol. The van der Waals surface area contributed by atoms with Crippen molar-refractivity contribution >= 4 is 5.97 Å². The second kappa shape index (κ2) is 5.49. The molecule has 4 saturated carbocycles. The first kappa shape index (κ1) is 16.0. The van der Waals surface area contributed by atoms with E-state index in [0.717, 1.165) is 36.5 Å². The Morgan fingerprint density at radius 2 is 1.74 bits per heavy atom. The van der Waals surface area contributed by atoms with Crippen LogP contribution in [0.2, 0.25) is 0 Å². The van der Waals surface area contributed by atoms with Crippen molar-refractivity contribution in [1.82, 2.24) is 0 Å². The average molecular weight is 319 g/mol. The number of hydrogen-bond acceptors (Lipinski definition) is 2. The van der Waals surface area contributed by atoms with Crippen molar-refractivity contribution in [3.63, 3.8) is 0 Å². The quantitative estimate of drug-likeness (QED) is 0.609. The Morgan fingerprint density at radius 3 is 2.52 bits per heavy atom. The third kappa shape index (κ3) is 2.46. The number of fused-ring (bicyclic) bond motifs is 5. The van der Waals surface area contributed by atoms with E-state index in [2.05, 4.69) is 13.8 Å². The maximum atomic E-state index is 11.4.